The van der Waals surface area contributed by atoms with Crippen LogP contribution in [0.1, 0.15) is 24.1 Å². The van der Waals surface area contributed by atoms with Crippen LogP contribution in [0.5, 0.6) is 5.75 Å². The summed E-state index contributed by atoms with van der Waals surface area (Å²) in [6, 6.07) is 17.0. The largest absolute Gasteiger partial charge is 0.497 e. The average Bonchev–Trinajstić information content (AvgIpc) is 2.46. The second-order valence-electron chi connectivity index (χ2n) is 4.29. The van der Waals surface area contributed by atoms with Crippen molar-refractivity contribution in [2.45, 2.75) is 13.0 Å². The first-order chi connectivity index (χ1) is 9.26. The SMILES string of the molecule is CCNC(c1ccc(OC)cc1)c1ccccc1I. The zero-order chi connectivity index (χ0) is 13.7. The monoisotopic (exact) mass is 367 g/mol. The molecule has 2 rings (SSSR count). The predicted molar refractivity (Wildman–Crippen MR) is 87.7 cm³/mol. The minimum absolute atomic E-state index is 0.226. The van der Waals surface area contributed by atoms with E-state index in [9.17, 15) is 0 Å². The minimum atomic E-state index is 0.226. The third-order valence-electron chi connectivity index (χ3n) is 3.07. The highest BCUT2D eigenvalue weighted by atomic mass is 127. The Morgan fingerprint density at radius 1 is 1.11 bits per heavy atom. The quantitative estimate of drug-likeness (QED) is 0.807. The Morgan fingerprint density at radius 2 is 1.79 bits per heavy atom. The van der Waals surface area contributed by atoms with E-state index in [4.69, 9.17) is 4.74 Å². The molecule has 0 aromatic heterocycles. The first kappa shape index (κ1) is 14.3. The highest BCUT2D eigenvalue weighted by molar-refractivity contribution is 14.1. The lowest BCUT2D eigenvalue weighted by Crippen LogP contribution is -2.22. The van der Waals surface area contributed by atoms with Crippen molar-refractivity contribution in [1.29, 1.82) is 0 Å². The third-order valence-corrected chi connectivity index (χ3v) is 4.06. The van der Waals surface area contributed by atoms with Crippen molar-refractivity contribution < 1.29 is 4.74 Å². The molecule has 0 aliphatic heterocycles. The standard InChI is InChI=1S/C16H18INO/c1-3-18-16(14-6-4-5-7-15(14)17)12-8-10-13(19-2)11-9-12/h4-11,16,18H,3H2,1-2H3. The molecule has 0 saturated carbocycles. The smallest absolute Gasteiger partial charge is 0.118 e. The normalized spacial score (nSPS) is 12.2. The fourth-order valence-corrected chi connectivity index (χ4v) is 2.82. The van der Waals surface area contributed by atoms with Gasteiger partial charge >= 0.3 is 0 Å². The molecular formula is C16H18INO. The van der Waals surface area contributed by atoms with Gasteiger partial charge < -0.3 is 10.1 Å². The lowest BCUT2D eigenvalue weighted by Gasteiger charge is -2.20. The van der Waals surface area contributed by atoms with Gasteiger partial charge in [-0.3, -0.25) is 0 Å². The van der Waals surface area contributed by atoms with Crippen LogP contribution < -0.4 is 10.1 Å². The molecule has 2 aromatic carbocycles. The Bertz CT molecular complexity index is 525. The van der Waals surface area contributed by atoms with Gasteiger partial charge in [0.2, 0.25) is 0 Å². The summed E-state index contributed by atoms with van der Waals surface area (Å²) in [5.41, 5.74) is 2.57. The highest BCUT2D eigenvalue weighted by Crippen LogP contribution is 2.27. The van der Waals surface area contributed by atoms with Gasteiger partial charge in [-0.05, 0) is 58.5 Å². The van der Waals surface area contributed by atoms with Gasteiger partial charge in [0.05, 0.1) is 13.2 Å². The molecule has 1 N–H and O–H groups in total. The van der Waals surface area contributed by atoms with E-state index in [2.05, 4.69) is 71.2 Å². The fraction of sp³-hybridized carbons (Fsp3) is 0.250. The highest BCUT2D eigenvalue weighted by Gasteiger charge is 2.15. The first-order valence-electron chi connectivity index (χ1n) is 6.38. The van der Waals surface area contributed by atoms with Gasteiger partial charge in [0, 0.05) is 3.57 Å². The Hall–Kier alpha value is -1.07. The average molecular weight is 367 g/mol. The Morgan fingerprint density at radius 3 is 2.37 bits per heavy atom. The van der Waals surface area contributed by atoms with Gasteiger partial charge in [-0.1, -0.05) is 37.3 Å². The Labute approximate surface area is 128 Å². The van der Waals surface area contributed by atoms with Crippen LogP contribution in [0.2, 0.25) is 0 Å². The summed E-state index contributed by atoms with van der Waals surface area (Å²) in [5, 5.41) is 3.55. The van der Waals surface area contributed by atoms with Crippen LogP contribution in [0, 0.1) is 3.57 Å². The fourth-order valence-electron chi connectivity index (χ4n) is 2.12. The Kier molecular flexibility index (Phi) is 5.22. The summed E-state index contributed by atoms with van der Waals surface area (Å²) in [5.74, 6) is 0.891. The number of methoxy groups -OCH3 is 1. The van der Waals surface area contributed by atoms with E-state index in [0.29, 0.717) is 0 Å². The zero-order valence-corrected chi connectivity index (χ0v) is 13.3. The van der Waals surface area contributed by atoms with Crippen molar-refractivity contribution in [2.75, 3.05) is 13.7 Å². The minimum Gasteiger partial charge on any atom is -0.497 e. The number of benzene rings is 2. The predicted octanol–water partition coefficient (Wildman–Crippen LogP) is 4.00. The first-order valence-corrected chi connectivity index (χ1v) is 7.46. The van der Waals surface area contributed by atoms with Gasteiger partial charge in [-0.2, -0.15) is 0 Å². The molecule has 0 heterocycles. The molecule has 0 bridgehead atoms. The van der Waals surface area contributed by atoms with Crippen LogP contribution in [0.25, 0.3) is 0 Å². The van der Waals surface area contributed by atoms with Crippen LogP contribution in [0.3, 0.4) is 0 Å². The van der Waals surface area contributed by atoms with Gasteiger partial charge in [0.1, 0.15) is 5.75 Å². The van der Waals surface area contributed by atoms with Gasteiger partial charge in [-0.15, -0.1) is 0 Å². The van der Waals surface area contributed by atoms with E-state index in [1.54, 1.807) is 7.11 Å². The number of hydrogen-bond acceptors (Lipinski definition) is 2. The summed E-state index contributed by atoms with van der Waals surface area (Å²) in [6.07, 6.45) is 0. The van der Waals surface area contributed by atoms with Crippen molar-refractivity contribution >= 4 is 22.6 Å². The second-order valence-corrected chi connectivity index (χ2v) is 5.45. The Balaban J connectivity index is 2.36. The summed E-state index contributed by atoms with van der Waals surface area (Å²) >= 11 is 2.39. The molecule has 19 heavy (non-hydrogen) atoms. The van der Waals surface area contributed by atoms with Crippen molar-refractivity contribution in [3.63, 3.8) is 0 Å². The summed E-state index contributed by atoms with van der Waals surface area (Å²) in [6.45, 7) is 3.06. The maximum Gasteiger partial charge on any atom is 0.118 e. The van der Waals surface area contributed by atoms with Gasteiger partial charge in [0.25, 0.3) is 0 Å². The number of halogens is 1. The van der Waals surface area contributed by atoms with Crippen molar-refractivity contribution in [1.82, 2.24) is 5.32 Å². The molecule has 0 fully saturated rings. The summed E-state index contributed by atoms with van der Waals surface area (Å²) in [4.78, 5) is 0. The summed E-state index contributed by atoms with van der Waals surface area (Å²) < 4.78 is 6.50. The van der Waals surface area contributed by atoms with Crippen molar-refractivity contribution in [3.05, 3.63) is 63.2 Å². The summed E-state index contributed by atoms with van der Waals surface area (Å²) in [7, 11) is 1.69. The van der Waals surface area contributed by atoms with Crippen LogP contribution in [0.4, 0.5) is 0 Å². The molecule has 0 radical (unpaired) electrons. The second kappa shape index (κ2) is 6.91. The maximum absolute atomic E-state index is 5.22. The molecule has 0 aliphatic rings. The van der Waals surface area contributed by atoms with Crippen LogP contribution in [-0.2, 0) is 0 Å². The molecule has 3 heteroatoms. The van der Waals surface area contributed by atoms with E-state index < -0.39 is 0 Å². The topological polar surface area (TPSA) is 21.3 Å². The molecule has 100 valence electrons. The van der Waals surface area contributed by atoms with Crippen LogP contribution >= 0.6 is 22.6 Å². The van der Waals surface area contributed by atoms with Crippen molar-refractivity contribution in [3.8, 4) is 5.75 Å². The number of nitrogens with one attached hydrogen (secondary N) is 1. The van der Waals surface area contributed by atoms with Crippen molar-refractivity contribution in [2.24, 2.45) is 0 Å². The molecule has 1 unspecified atom stereocenters. The number of rotatable bonds is 5. The molecule has 2 nitrogen and oxygen atoms in total. The van der Waals surface area contributed by atoms with Crippen LogP contribution in [0.15, 0.2) is 48.5 Å². The molecule has 0 spiro atoms. The van der Waals surface area contributed by atoms with Gasteiger partial charge in [-0.25, -0.2) is 0 Å². The lowest BCUT2D eigenvalue weighted by atomic mass is 9.98. The number of hydrogen-bond donors (Lipinski definition) is 1. The zero-order valence-electron chi connectivity index (χ0n) is 11.2. The molecule has 0 aliphatic carbocycles. The van der Waals surface area contributed by atoms with E-state index in [1.165, 1.54) is 14.7 Å². The van der Waals surface area contributed by atoms with Crippen LogP contribution in [-0.4, -0.2) is 13.7 Å². The molecule has 1 atom stereocenters. The lowest BCUT2D eigenvalue weighted by molar-refractivity contribution is 0.414. The van der Waals surface area contributed by atoms with Gasteiger partial charge in [0.15, 0.2) is 0 Å². The van der Waals surface area contributed by atoms with E-state index in [-0.39, 0.29) is 6.04 Å². The third kappa shape index (κ3) is 3.48. The maximum atomic E-state index is 5.22. The van der Waals surface area contributed by atoms with E-state index in [0.717, 1.165) is 12.3 Å². The molecule has 0 saturated heterocycles. The molecular weight excluding hydrogens is 349 g/mol. The number of ether oxygens (including phenoxy) is 1. The molecule has 0 amide bonds. The van der Waals surface area contributed by atoms with E-state index in [1.807, 2.05) is 12.1 Å². The molecule has 2 aromatic rings. The van der Waals surface area contributed by atoms with E-state index >= 15 is 0 Å².